The first kappa shape index (κ1) is 32.1. The predicted molar refractivity (Wildman–Crippen MR) is 133 cm³/mol. The van der Waals surface area contributed by atoms with E-state index in [0.717, 1.165) is 19.3 Å². The minimum atomic E-state index is -0.658. The molecule has 0 aromatic rings. The van der Waals surface area contributed by atoms with Crippen molar-refractivity contribution >= 4 is 11.9 Å². The number of aliphatic carboxylic acids is 1. The van der Waals surface area contributed by atoms with Gasteiger partial charge in [0.05, 0.1) is 7.11 Å². The smallest absolute Gasteiger partial charge is 0.305 e. The van der Waals surface area contributed by atoms with Gasteiger partial charge in [0, 0.05) is 12.8 Å². The lowest BCUT2D eigenvalue weighted by atomic mass is 10.1. The number of carboxylic acids is 1. The molecule has 0 aromatic carbocycles. The Labute approximate surface area is 193 Å². The van der Waals surface area contributed by atoms with Gasteiger partial charge in [-0.3, -0.25) is 9.59 Å². The third kappa shape index (κ3) is 33.8. The minimum absolute atomic E-state index is 0.0698. The molecule has 4 nitrogen and oxygen atoms in total. The quantitative estimate of drug-likeness (QED) is 0.134. The molecular weight excluding hydrogens is 388 g/mol. The molecule has 0 unspecified atom stereocenters. The molecule has 0 fully saturated rings. The zero-order valence-electron chi connectivity index (χ0n) is 21.2. The van der Waals surface area contributed by atoms with Gasteiger partial charge in [-0.2, -0.15) is 0 Å². The topological polar surface area (TPSA) is 63.6 Å². The third-order valence-corrected chi connectivity index (χ3v) is 5.71. The zero-order chi connectivity index (χ0) is 23.4. The van der Waals surface area contributed by atoms with Crippen LogP contribution in [0.25, 0.3) is 0 Å². The Hall–Kier alpha value is -1.06. The number of methoxy groups -OCH3 is 1. The number of unbranched alkanes of at least 4 members (excludes halogenated alkanes) is 18. The van der Waals surface area contributed by atoms with Crippen LogP contribution in [0.3, 0.4) is 0 Å². The van der Waals surface area contributed by atoms with Gasteiger partial charge < -0.3 is 9.84 Å². The molecule has 1 N–H and O–H groups in total. The molecule has 0 rings (SSSR count). The molecule has 0 heterocycles. The molecule has 4 heteroatoms. The maximum absolute atomic E-state index is 10.8. The number of rotatable bonds is 22. The van der Waals surface area contributed by atoms with E-state index in [9.17, 15) is 9.59 Å². The number of hydrogen-bond acceptors (Lipinski definition) is 3. The second-order valence-corrected chi connectivity index (χ2v) is 8.83. The fraction of sp³-hybridized carbons (Fsp3) is 0.926. The molecule has 0 aromatic heterocycles. The molecule has 31 heavy (non-hydrogen) atoms. The molecule has 0 bridgehead atoms. The normalized spacial score (nSPS) is 10.4. The van der Waals surface area contributed by atoms with Gasteiger partial charge in [0.1, 0.15) is 0 Å². The van der Waals surface area contributed by atoms with Crippen LogP contribution in [-0.2, 0) is 14.3 Å². The maximum atomic E-state index is 10.8. The van der Waals surface area contributed by atoms with Crippen molar-refractivity contribution in [2.24, 2.45) is 0 Å². The van der Waals surface area contributed by atoms with E-state index in [-0.39, 0.29) is 5.97 Å². The molecule has 0 aliphatic heterocycles. The number of ether oxygens (including phenoxy) is 1. The molecule has 0 aliphatic rings. The van der Waals surface area contributed by atoms with E-state index in [1.807, 2.05) is 0 Å². The van der Waals surface area contributed by atoms with Crippen LogP contribution in [0, 0.1) is 0 Å². The fourth-order valence-electron chi connectivity index (χ4n) is 3.62. The van der Waals surface area contributed by atoms with Gasteiger partial charge in [0.25, 0.3) is 0 Å². The number of hydrogen-bond donors (Lipinski definition) is 1. The van der Waals surface area contributed by atoms with E-state index in [4.69, 9.17) is 5.11 Å². The molecule has 186 valence electrons. The molecule has 0 spiro atoms. The average molecular weight is 443 g/mol. The molecule has 0 aliphatic carbocycles. The molecular formula is C27H54O4. The van der Waals surface area contributed by atoms with Crippen molar-refractivity contribution < 1.29 is 19.4 Å². The number of carboxylic acid groups (broad SMARTS) is 1. The Bertz CT molecular complexity index is 368. The number of carbonyl (C=O) groups is 2. The fourth-order valence-corrected chi connectivity index (χ4v) is 3.62. The predicted octanol–water partition coefficient (Wildman–Crippen LogP) is 8.85. The van der Waals surface area contributed by atoms with E-state index in [2.05, 4.69) is 18.6 Å². The lowest BCUT2D eigenvalue weighted by molar-refractivity contribution is -0.141. The summed E-state index contributed by atoms with van der Waals surface area (Å²) in [5.74, 6) is -0.728. The van der Waals surface area contributed by atoms with Gasteiger partial charge in [-0.05, 0) is 12.8 Å². The first-order valence-electron chi connectivity index (χ1n) is 13.4. The zero-order valence-corrected chi connectivity index (χ0v) is 21.2. The van der Waals surface area contributed by atoms with Crippen LogP contribution in [0.4, 0.5) is 0 Å². The van der Waals surface area contributed by atoms with Crippen LogP contribution in [0.1, 0.15) is 155 Å². The summed E-state index contributed by atoms with van der Waals surface area (Å²) in [4.78, 5) is 21.1. The van der Waals surface area contributed by atoms with E-state index in [0.29, 0.717) is 12.8 Å². The summed E-state index contributed by atoms with van der Waals surface area (Å²) in [5.41, 5.74) is 0. The first-order valence-corrected chi connectivity index (χ1v) is 13.4. The Morgan fingerprint density at radius 2 is 0.806 bits per heavy atom. The van der Waals surface area contributed by atoms with Crippen molar-refractivity contribution in [1.82, 2.24) is 0 Å². The van der Waals surface area contributed by atoms with Gasteiger partial charge in [-0.15, -0.1) is 0 Å². The maximum Gasteiger partial charge on any atom is 0.305 e. The van der Waals surface area contributed by atoms with Crippen LogP contribution in [-0.4, -0.2) is 24.2 Å². The average Bonchev–Trinajstić information content (AvgIpc) is 2.76. The molecule has 0 atom stereocenters. The van der Waals surface area contributed by atoms with E-state index < -0.39 is 5.97 Å². The van der Waals surface area contributed by atoms with Crippen LogP contribution < -0.4 is 0 Å². The van der Waals surface area contributed by atoms with Crippen LogP contribution >= 0.6 is 0 Å². The van der Waals surface area contributed by atoms with E-state index in [1.165, 1.54) is 116 Å². The van der Waals surface area contributed by atoms with Crippen molar-refractivity contribution in [3.63, 3.8) is 0 Å². The van der Waals surface area contributed by atoms with Crippen molar-refractivity contribution in [1.29, 1.82) is 0 Å². The van der Waals surface area contributed by atoms with Crippen molar-refractivity contribution in [3.05, 3.63) is 0 Å². The van der Waals surface area contributed by atoms with E-state index in [1.54, 1.807) is 0 Å². The Kier molecular flexibility index (Phi) is 30.0. The van der Waals surface area contributed by atoms with Gasteiger partial charge in [-0.25, -0.2) is 0 Å². The largest absolute Gasteiger partial charge is 0.481 e. The lowest BCUT2D eigenvalue weighted by Crippen LogP contribution is -1.99. The Balaban J connectivity index is 0. The van der Waals surface area contributed by atoms with E-state index >= 15 is 0 Å². The second kappa shape index (κ2) is 28.9. The summed E-state index contributed by atoms with van der Waals surface area (Å²) in [5, 5.41) is 8.44. The Morgan fingerprint density at radius 1 is 0.516 bits per heavy atom. The highest BCUT2D eigenvalue weighted by Gasteiger charge is 1.99. The summed E-state index contributed by atoms with van der Waals surface area (Å²) in [7, 11) is 1.46. The lowest BCUT2D eigenvalue weighted by Gasteiger charge is -2.01. The van der Waals surface area contributed by atoms with Gasteiger partial charge >= 0.3 is 11.9 Å². The monoisotopic (exact) mass is 442 g/mol. The SMILES string of the molecule is CCCCCCCCCCCCC(=O)O.CCCCCCCCCCCCC(=O)OC. The summed E-state index contributed by atoms with van der Waals surface area (Å²) in [6.45, 7) is 4.49. The first-order chi connectivity index (χ1) is 15.1. The molecule has 0 saturated carbocycles. The van der Waals surface area contributed by atoms with Crippen LogP contribution in [0.15, 0.2) is 0 Å². The number of esters is 1. The number of carbonyl (C=O) groups excluding carboxylic acids is 1. The second-order valence-electron chi connectivity index (χ2n) is 8.83. The van der Waals surface area contributed by atoms with Crippen molar-refractivity contribution in [2.45, 2.75) is 155 Å². The standard InChI is InChI=1S/C14H28O2.C13H26O2/c1-3-4-5-6-7-8-9-10-11-12-13-14(15)16-2;1-2-3-4-5-6-7-8-9-10-11-12-13(14)15/h3-13H2,1-2H3;2-12H2,1H3,(H,14,15). The summed E-state index contributed by atoms with van der Waals surface area (Å²) in [6, 6.07) is 0. The van der Waals surface area contributed by atoms with Gasteiger partial charge in [0.15, 0.2) is 0 Å². The highest BCUT2D eigenvalue weighted by Crippen LogP contribution is 2.12. The summed E-state index contributed by atoms with van der Waals surface area (Å²) in [6.07, 6.45) is 26.5. The Morgan fingerprint density at radius 3 is 1.10 bits per heavy atom. The summed E-state index contributed by atoms with van der Waals surface area (Å²) < 4.78 is 4.59. The highest BCUT2D eigenvalue weighted by molar-refractivity contribution is 5.69. The highest BCUT2D eigenvalue weighted by atomic mass is 16.5. The van der Waals surface area contributed by atoms with Crippen molar-refractivity contribution in [2.75, 3.05) is 7.11 Å². The molecule has 0 amide bonds. The van der Waals surface area contributed by atoms with Gasteiger partial charge in [-0.1, -0.05) is 129 Å². The molecule has 0 radical (unpaired) electrons. The molecule has 0 saturated heterocycles. The van der Waals surface area contributed by atoms with Gasteiger partial charge in [0.2, 0.25) is 0 Å². The van der Waals surface area contributed by atoms with Crippen LogP contribution in [0.2, 0.25) is 0 Å². The third-order valence-electron chi connectivity index (χ3n) is 5.71. The minimum Gasteiger partial charge on any atom is -0.481 e. The van der Waals surface area contributed by atoms with Crippen LogP contribution in [0.5, 0.6) is 0 Å². The summed E-state index contributed by atoms with van der Waals surface area (Å²) >= 11 is 0. The van der Waals surface area contributed by atoms with Crippen molar-refractivity contribution in [3.8, 4) is 0 Å².